The highest BCUT2D eigenvalue weighted by Gasteiger charge is 2.13. The Kier molecular flexibility index (Phi) is 4.58. The molecule has 2 aromatic carbocycles. The molecular formula is C20H19NOS. The van der Waals surface area contributed by atoms with Gasteiger partial charge >= 0.3 is 0 Å². The summed E-state index contributed by atoms with van der Waals surface area (Å²) in [4.78, 5) is 14.8. The van der Waals surface area contributed by atoms with Gasteiger partial charge in [0.25, 0.3) is 5.91 Å². The van der Waals surface area contributed by atoms with Crippen LogP contribution in [0.25, 0.3) is 0 Å². The SMILES string of the molecule is Cc1cc(C(=O)Nc2ccccc2Cc2ccccc2)c(C)s1. The van der Waals surface area contributed by atoms with Gasteiger partial charge in [0, 0.05) is 15.4 Å². The van der Waals surface area contributed by atoms with Gasteiger partial charge in [-0.3, -0.25) is 4.79 Å². The minimum Gasteiger partial charge on any atom is -0.322 e. The standard InChI is InChI=1S/C20H19NOS/c1-14-12-18(15(2)23-14)20(22)21-19-11-7-6-10-17(19)13-16-8-4-3-5-9-16/h3-12H,13H2,1-2H3,(H,21,22). The molecule has 0 aliphatic carbocycles. The van der Waals surface area contributed by atoms with E-state index in [9.17, 15) is 4.79 Å². The molecule has 0 bridgehead atoms. The first-order valence-corrected chi connectivity index (χ1v) is 8.45. The van der Waals surface area contributed by atoms with Crippen molar-refractivity contribution in [2.75, 3.05) is 5.32 Å². The smallest absolute Gasteiger partial charge is 0.256 e. The third-order valence-electron chi connectivity index (χ3n) is 3.79. The molecule has 0 fully saturated rings. The number of para-hydroxylation sites is 1. The minimum atomic E-state index is -0.0349. The Bertz CT molecular complexity index is 821. The fraction of sp³-hybridized carbons (Fsp3) is 0.150. The molecule has 0 saturated carbocycles. The van der Waals surface area contributed by atoms with Gasteiger partial charge in [-0.1, -0.05) is 48.5 Å². The maximum Gasteiger partial charge on any atom is 0.256 e. The molecule has 3 rings (SSSR count). The molecule has 3 heteroatoms. The van der Waals surface area contributed by atoms with Crippen molar-refractivity contribution in [2.24, 2.45) is 0 Å². The van der Waals surface area contributed by atoms with E-state index in [2.05, 4.69) is 23.5 Å². The molecule has 0 radical (unpaired) electrons. The summed E-state index contributed by atoms with van der Waals surface area (Å²) in [6.45, 7) is 4.01. The molecule has 0 aliphatic heterocycles. The Balaban J connectivity index is 1.83. The number of rotatable bonds is 4. The van der Waals surface area contributed by atoms with Crippen LogP contribution in [-0.4, -0.2) is 5.91 Å². The Morgan fingerprint density at radius 1 is 1.00 bits per heavy atom. The van der Waals surface area contributed by atoms with Crippen LogP contribution in [0.3, 0.4) is 0 Å². The highest BCUT2D eigenvalue weighted by Crippen LogP contribution is 2.24. The van der Waals surface area contributed by atoms with Gasteiger partial charge in [-0.05, 0) is 43.5 Å². The number of amides is 1. The van der Waals surface area contributed by atoms with E-state index >= 15 is 0 Å². The number of nitrogens with one attached hydrogen (secondary N) is 1. The van der Waals surface area contributed by atoms with Crippen LogP contribution in [0.15, 0.2) is 60.7 Å². The molecule has 0 saturated heterocycles. The Labute approximate surface area is 140 Å². The second-order valence-corrected chi connectivity index (χ2v) is 7.06. The van der Waals surface area contributed by atoms with Crippen LogP contribution in [0.5, 0.6) is 0 Å². The van der Waals surface area contributed by atoms with Crippen molar-refractivity contribution in [3.8, 4) is 0 Å². The summed E-state index contributed by atoms with van der Waals surface area (Å²) in [6.07, 6.45) is 0.805. The maximum atomic E-state index is 12.5. The summed E-state index contributed by atoms with van der Waals surface area (Å²) in [5.74, 6) is -0.0349. The number of benzene rings is 2. The quantitative estimate of drug-likeness (QED) is 0.702. The van der Waals surface area contributed by atoms with Crippen LogP contribution < -0.4 is 5.32 Å². The van der Waals surface area contributed by atoms with Crippen molar-refractivity contribution >= 4 is 22.9 Å². The van der Waals surface area contributed by atoms with Crippen molar-refractivity contribution in [1.29, 1.82) is 0 Å². The lowest BCUT2D eigenvalue weighted by Gasteiger charge is -2.11. The third kappa shape index (κ3) is 3.69. The van der Waals surface area contributed by atoms with E-state index in [0.29, 0.717) is 0 Å². The van der Waals surface area contributed by atoms with Gasteiger partial charge in [-0.15, -0.1) is 11.3 Å². The molecule has 3 aromatic rings. The number of carbonyl (C=O) groups excluding carboxylic acids is 1. The largest absolute Gasteiger partial charge is 0.322 e. The number of anilines is 1. The predicted molar refractivity (Wildman–Crippen MR) is 97.4 cm³/mol. The van der Waals surface area contributed by atoms with Crippen molar-refractivity contribution < 1.29 is 4.79 Å². The van der Waals surface area contributed by atoms with E-state index in [-0.39, 0.29) is 5.91 Å². The molecule has 0 atom stereocenters. The van der Waals surface area contributed by atoms with E-state index in [1.165, 1.54) is 5.56 Å². The summed E-state index contributed by atoms with van der Waals surface area (Å²) in [5.41, 5.74) is 4.00. The fourth-order valence-corrected chi connectivity index (χ4v) is 3.58. The molecule has 2 nitrogen and oxygen atoms in total. The Hall–Kier alpha value is -2.39. The van der Waals surface area contributed by atoms with Crippen LogP contribution >= 0.6 is 11.3 Å². The first-order valence-electron chi connectivity index (χ1n) is 7.63. The van der Waals surface area contributed by atoms with Gasteiger partial charge in [0.2, 0.25) is 0 Å². The van der Waals surface area contributed by atoms with Crippen LogP contribution in [0, 0.1) is 13.8 Å². The van der Waals surface area contributed by atoms with Crippen LogP contribution in [-0.2, 0) is 6.42 Å². The lowest BCUT2D eigenvalue weighted by molar-refractivity contribution is 0.102. The number of aryl methyl sites for hydroxylation is 2. The van der Waals surface area contributed by atoms with Crippen molar-refractivity contribution in [3.63, 3.8) is 0 Å². The van der Waals surface area contributed by atoms with Gasteiger partial charge in [-0.2, -0.15) is 0 Å². The lowest BCUT2D eigenvalue weighted by Crippen LogP contribution is -2.13. The van der Waals surface area contributed by atoms with Crippen molar-refractivity contribution in [3.05, 3.63) is 87.1 Å². The zero-order valence-corrected chi connectivity index (χ0v) is 14.1. The molecule has 23 heavy (non-hydrogen) atoms. The predicted octanol–water partition coefficient (Wildman–Crippen LogP) is 5.21. The summed E-state index contributed by atoms with van der Waals surface area (Å²) < 4.78 is 0. The average Bonchev–Trinajstić information content (AvgIpc) is 2.89. The summed E-state index contributed by atoms with van der Waals surface area (Å²) >= 11 is 1.65. The summed E-state index contributed by atoms with van der Waals surface area (Å²) in [6, 6.07) is 20.2. The van der Waals surface area contributed by atoms with Gasteiger partial charge in [0.05, 0.1) is 5.56 Å². The molecule has 0 unspecified atom stereocenters. The molecule has 0 aliphatic rings. The van der Waals surface area contributed by atoms with Crippen LogP contribution in [0.1, 0.15) is 31.2 Å². The van der Waals surface area contributed by atoms with E-state index in [0.717, 1.165) is 33.0 Å². The molecule has 116 valence electrons. The fourth-order valence-electron chi connectivity index (χ4n) is 2.66. The third-order valence-corrected chi connectivity index (χ3v) is 4.75. The summed E-state index contributed by atoms with van der Waals surface area (Å²) in [5, 5.41) is 3.07. The van der Waals surface area contributed by atoms with Crippen molar-refractivity contribution in [2.45, 2.75) is 20.3 Å². The van der Waals surface area contributed by atoms with E-state index in [1.54, 1.807) is 11.3 Å². The molecule has 1 N–H and O–H groups in total. The zero-order chi connectivity index (χ0) is 16.2. The normalized spacial score (nSPS) is 10.5. The monoisotopic (exact) mass is 321 g/mol. The molecule has 1 aromatic heterocycles. The zero-order valence-electron chi connectivity index (χ0n) is 13.3. The molecule has 0 spiro atoms. The van der Waals surface area contributed by atoms with Gasteiger partial charge in [-0.25, -0.2) is 0 Å². The van der Waals surface area contributed by atoms with Crippen molar-refractivity contribution in [1.82, 2.24) is 0 Å². The van der Waals surface area contributed by atoms with E-state index in [1.807, 2.05) is 56.3 Å². The number of hydrogen-bond acceptors (Lipinski definition) is 2. The van der Waals surface area contributed by atoms with Crippen LogP contribution in [0.2, 0.25) is 0 Å². The number of carbonyl (C=O) groups is 1. The Morgan fingerprint density at radius 3 is 2.39 bits per heavy atom. The second-order valence-electron chi connectivity index (χ2n) is 5.60. The average molecular weight is 321 g/mol. The second kappa shape index (κ2) is 6.80. The lowest BCUT2D eigenvalue weighted by atomic mass is 10.0. The molecular weight excluding hydrogens is 302 g/mol. The van der Waals surface area contributed by atoms with Gasteiger partial charge < -0.3 is 5.32 Å². The van der Waals surface area contributed by atoms with Gasteiger partial charge in [0.1, 0.15) is 0 Å². The Morgan fingerprint density at radius 2 is 1.70 bits per heavy atom. The number of hydrogen-bond donors (Lipinski definition) is 1. The maximum absolute atomic E-state index is 12.5. The van der Waals surface area contributed by atoms with Gasteiger partial charge in [0.15, 0.2) is 0 Å². The molecule has 1 heterocycles. The minimum absolute atomic E-state index is 0.0349. The first kappa shape index (κ1) is 15.5. The highest BCUT2D eigenvalue weighted by molar-refractivity contribution is 7.12. The topological polar surface area (TPSA) is 29.1 Å². The van der Waals surface area contributed by atoms with E-state index in [4.69, 9.17) is 0 Å². The van der Waals surface area contributed by atoms with Crippen LogP contribution in [0.4, 0.5) is 5.69 Å². The summed E-state index contributed by atoms with van der Waals surface area (Å²) in [7, 11) is 0. The first-order chi connectivity index (χ1) is 11.1. The molecule has 1 amide bonds. The number of thiophene rings is 1. The highest BCUT2D eigenvalue weighted by atomic mass is 32.1. The van der Waals surface area contributed by atoms with E-state index < -0.39 is 0 Å².